The molecule has 0 aromatic rings. The second-order valence-electron chi connectivity index (χ2n) is 5.41. The molecule has 1 heterocycles. The number of hydrogen-bond acceptors (Lipinski definition) is 5. The van der Waals surface area contributed by atoms with Gasteiger partial charge in [-0.3, -0.25) is 14.4 Å². The normalized spacial score (nSPS) is 21.6. The first kappa shape index (κ1) is 16.3. The van der Waals surface area contributed by atoms with Crippen LogP contribution in [0.3, 0.4) is 0 Å². The van der Waals surface area contributed by atoms with Crippen molar-refractivity contribution in [1.82, 2.24) is 5.32 Å². The van der Waals surface area contributed by atoms with Gasteiger partial charge in [-0.25, -0.2) is 0 Å². The van der Waals surface area contributed by atoms with Crippen LogP contribution in [0.15, 0.2) is 23.9 Å². The van der Waals surface area contributed by atoms with E-state index < -0.39 is 17.4 Å². The topological polar surface area (TPSA) is 81.7 Å². The molecule has 1 amide bonds. The summed E-state index contributed by atoms with van der Waals surface area (Å²) in [6, 6.07) is 0. The Bertz CT molecular complexity index is 515. The highest BCUT2D eigenvalue weighted by molar-refractivity contribution is 5.95. The summed E-state index contributed by atoms with van der Waals surface area (Å²) in [5.41, 5.74) is -0.379. The first-order valence-electron chi connectivity index (χ1n) is 7.53. The van der Waals surface area contributed by atoms with Crippen molar-refractivity contribution in [3.8, 4) is 0 Å². The zero-order chi connectivity index (χ0) is 16.2. The van der Waals surface area contributed by atoms with Crippen LogP contribution >= 0.6 is 0 Å². The predicted octanol–water partition coefficient (Wildman–Crippen LogP) is 1.47. The van der Waals surface area contributed by atoms with Crippen molar-refractivity contribution in [2.45, 2.75) is 33.1 Å². The second kappa shape index (κ2) is 6.77. The minimum Gasteiger partial charge on any atom is -0.466 e. The molecule has 1 unspecified atom stereocenters. The molecule has 6 nitrogen and oxygen atoms in total. The van der Waals surface area contributed by atoms with Crippen LogP contribution < -0.4 is 5.32 Å². The highest BCUT2D eigenvalue weighted by Gasteiger charge is 2.55. The van der Waals surface area contributed by atoms with E-state index in [0.717, 1.165) is 5.70 Å². The summed E-state index contributed by atoms with van der Waals surface area (Å²) in [7, 11) is 0. The Balaban J connectivity index is 2.30. The smallest absolute Gasteiger partial charge is 0.306 e. The van der Waals surface area contributed by atoms with Crippen molar-refractivity contribution in [2.75, 3.05) is 13.2 Å². The molecular formula is C16H21NO5. The standard InChI is InChI=1S/C16H21NO5/c1-3-21-13(18)9-16(10-14(19)22-4-2)11-7-5-6-8-12(11)17-15(16)20/h5-6,8,11H,3-4,7,9-10H2,1-2H3,(H,17,20). The summed E-state index contributed by atoms with van der Waals surface area (Å²) in [5, 5.41) is 2.80. The van der Waals surface area contributed by atoms with Crippen molar-refractivity contribution in [3.05, 3.63) is 23.9 Å². The third-order valence-electron chi connectivity index (χ3n) is 4.07. The number of carbonyl (C=O) groups excluding carboxylic acids is 3. The zero-order valence-corrected chi connectivity index (χ0v) is 12.9. The first-order chi connectivity index (χ1) is 10.5. The van der Waals surface area contributed by atoms with Gasteiger partial charge in [-0.2, -0.15) is 0 Å². The molecule has 0 radical (unpaired) electrons. The first-order valence-corrected chi connectivity index (χ1v) is 7.53. The van der Waals surface area contributed by atoms with Crippen LogP contribution in [0.5, 0.6) is 0 Å². The molecular weight excluding hydrogens is 286 g/mol. The molecule has 1 aliphatic heterocycles. The van der Waals surface area contributed by atoms with E-state index in [-0.39, 0.29) is 37.9 Å². The third-order valence-corrected chi connectivity index (χ3v) is 4.07. The van der Waals surface area contributed by atoms with E-state index in [9.17, 15) is 14.4 Å². The Labute approximate surface area is 129 Å². The van der Waals surface area contributed by atoms with Crippen LogP contribution in [0, 0.1) is 11.3 Å². The number of hydrogen-bond donors (Lipinski definition) is 1. The summed E-state index contributed by atoms with van der Waals surface area (Å²) in [5.74, 6) is -1.48. The molecule has 1 N–H and O–H groups in total. The lowest BCUT2D eigenvalue weighted by atomic mass is 9.69. The van der Waals surface area contributed by atoms with E-state index in [1.54, 1.807) is 13.8 Å². The van der Waals surface area contributed by atoms with Gasteiger partial charge in [0.1, 0.15) is 0 Å². The summed E-state index contributed by atoms with van der Waals surface area (Å²) >= 11 is 0. The Kier molecular flexibility index (Phi) is 5.00. The Morgan fingerprint density at radius 3 is 2.36 bits per heavy atom. The molecule has 0 spiro atoms. The number of carbonyl (C=O) groups is 3. The monoisotopic (exact) mass is 307 g/mol. The van der Waals surface area contributed by atoms with Crippen LogP contribution in [0.25, 0.3) is 0 Å². The van der Waals surface area contributed by atoms with Gasteiger partial charge in [0.25, 0.3) is 0 Å². The van der Waals surface area contributed by atoms with Gasteiger partial charge in [0.15, 0.2) is 0 Å². The predicted molar refractivity (Wildman–Crippen MR) is 78.4 cm³/mol. The Morgan fingerprint density at radius 2 is 1.82 bits per heavy atom. The SMILES string of the molecule is CCOC(=O)CC1(CC(=O)OCC)C(=O)NC2=CC=CCC21. The van der Waals surface area contributed by atoms with Crippen molar-refractivity contribution in [3.63, 3.8) is 0 Å². The van der Waals surface area contributed by atoms with E-state index in [2.05, 4.69) is 5.32 Å². The summed E-state index contributed by atoms with van der Waals surface area (Å²) in [4.78, 5) is 36.5. The van der Waals surface area contributed by atoms with E-state index >= 15 is 0 Å². The molecule has 2 rings (SSSR count). The van der Waals surface area contributed by atoms with E-state index in [0.29, 0.717) is 6.42 Å². The molecule has 1 fully saturated rings. The van der Waals surface area contributed by atoms with Gasteiger partial charge in [0.2, 0.25) is 5.91 Å². The van der Waals surface area contributed by atoms with Crippen molar-refractivity contribution in [1.29, 1.82) is 0 Å². The van der Waals surface area contributed by atoms with Gasteiger partial charge in [-0.1, -0.05) is 12.2 Å². The Hall–Kier alpha value is -2.11. The summed E-state index contributed by atoms with van der Waals surface area (Å²) in [6.07, 6.45) is 5.95. The van der Waals surface area contributed by atoms with Crippen molar-refractivity contribution < 1.29 is 23.9 Å². The zero-order valence-electron chi connectivity index (χ0n) is 12.9. The van der Waals surface area contributed by atoms with Crippen molar-refractivity contribution in [2.24, 2.45) is 11.3 Å². The van der Waals surface area contributed by atoms with Gasteiger partial charge in [-0.15, -0.1) is 0 Å². The van der Waals surface area contributed by atoms with Gasteiger partial charge in [0, 0.05) is 11.6 Å². The minimum absolute atomic E-state index is 0.124. The molecule has 1 saturated heterocycles. The highest BCUT2D eigenvalue weighted by Crippen LogP contribution is 2.47. The molecule has 1 atom stereocenters. The van der Waals surface area contributed by atoms with Gasteiger partial charge < -0.3 is 14.8 Å². The number of fused-ring (bicyclic) bond motifs is 1. The quantitative estimate of drug-likeness (QED) is 0.751. The molecule has 0 bridgehead atoms. The lowest BCUT2D eigenvalue weighted by Gasteiger charge is -2.31. The largest absolute Gasteiger partial charge is 0.466 e. The molecule has 2 aliphatic rings. The molecule has 6 heteroatoms. The van der Waals surface area contributed by atoms with Crippen LogP contribution in [0.1, 0.15) is 33.1 Å². The molecule has 22 heavy (non-hydrogen) atoms. The average molecular weight is 307 g/mol. The molecule has 120 valence electrons. The molecule has 0 aromatic carbocycles. The van der Waals surface area contributed by atoms with Crippen LogP contribution in [0.2, 0.25) is 0 Å². The average Bonchev–Trinajstić information content (AvgIpc) is 2.72. The maximum Gasteiger partial charge on any atom is 0.306 e. The van der Waals surface area contributed by atoms with Crippen LogP contribution in [-0.2, 0) is 23.9 Å². The number of ether oxygens (including phenoxy) is 2. The second-order valence-corrected chi connectivity index (χ2v) is 5.41. The summed E-state index contributed by atoms with van der Waals surface area (Å²) in [6.45, 7) is 3.89. The number of esters is 2. The van der Waals surface area contributed by atoms with Gasteiger partial charge in [-0.05, 0) is 26.3 Å². The maximum atomic E-state index is 12.5. The van der Waals surface area contributed by atoms with Gasteiger partial charge in [0.05, 0.1) is 31.5 Å². The van der Waals surface area contributed by atoms with Gasteiger partial charge >= 0.3 is 11.9 Å². The minimum atomic E-state index is -1.13. The molecule has 1 aliphatic carbocycles. The van der Waals surface area contributed by atoms with E-state index in [1.165, 1.54) is 0 Å². The lowest BCUT2D eigenvalue weighted by molar-refractivity contribution is -0.156. The maximum absolute atomic E-state index is 12.5. The van der Waals surface area contributed by atoms with E-state index in [4.69, 9.17) is 9.47 Å². The highest BCUT2D eigenvalue weighted by atomic mass is 16.5. The fourth-order valence-corrected chi connectivity index (χ4v) is 3.10. The van der Waals surface area contributed by atoms with E-state index in [1.807, 2.05) is 18.2 Å². The number of allylic oxidation sites excluding steroid dienone is 4. The number of nitrogens with one attached hydrogen (secondary N) is 1. The fraction of sp³-hybridized carbons (Fsp3) is 0.562. The van der Waals surface area contributed by atoms with Crippen LogP contribution in [0.4, 0.5) is 0 Å². The third kappa shape index (κ3) is 3.05. The molecule has 0 aromatic heterocycles. The Morgan fingerprint density at radius 1 is 1.23 bits per heavy atom. The lowest BCUT2D eigenvalue weighted by Crippen LogP contribution is -2.40. The number of rotatable bonds is 6. The molecule has 0 saturated carbocycles. The summed E-state index contributed by atoms with van der Waals surface area (Å²) < 4.78 is 9.98. The number of amides is 1. The van der Waals surface area contributed by atoms with Crippen molar-refractivity contribution >= 4 is 17.8 Å². The fourth-order valence-electron chi connectivity index (χ4n) is 3.10. The van der Waals surface area contributed by atoms with Crippen LogP contribution in [-0.4, -0.2) is 31.1 Å².